The van der Waals surface area contributed by atoms with Gasteiger partial charge in [-0.2, -0.15) is 0 Å². The zero-order chi connectivity index (χ0) is 18.4. The molecule has 2 amide bonds. The number of nitrogens with zero attached hydrogens (tertiary/aromatic N) is 3. The lowest BCUT2D eigenvalue weighted by molar-refractivity contribution is -0.137. The van der Waals surface area contributed by atoms with E-state index in [1.54, 1.807) is 0 Å². The van der Waals surface area contributed by atoms with E-state index in [1.165, 1.54) is 24.3 Å². The standard InChI is InChI=1S/C19H15N3O4/c1-21(2)12-3-4-14-15(8-12)26-16-9-13(23)7-11(19(16)20-14)10-22-17(24)5-6-18(22)25/h3-9H,10H2,1-2H3. The van der Waals surface area contributed by atoms with Gasteiger partial charge in [-0.25, -0.2) is 4.98 Å². The van der Waals surface area contributed by atoms with Crippen LogP contribution in [0.25, 0.3) is 22.6 Å². The van der Waals surface area contributed by atoms with Crippen molar-refractivity contribution in [1.82, 2.24) is 9.88 Å². The topological polar surface area (TPSA) is 83.7 Å². The molecule has 0 atom stereocenters. The average molecular weight is 349 g/mol. The van der Waals surface area contributed by atoms with Crippen molar-refractivity contribution in [2.45, 2.75) is 6.54 Å². The number of imide groups is 1. The van der Waals surface area contributed by atoms with Crippen molar-refractivity contribution in [3.05, 3.63) is 58.3 Å². The summed E-state index contributed by atoms with van der Waals surface area (Å²) in [7, 11) is 3.84. The van der Waals surface area contributed by atoms with Crippen molar-refractivity contribution in [1.29, 1.82) is 0 Å². The van der Waals surface area contributed by atoms with Crippen molar-refractivity contribution >= 4 is 28.6 Å². The second-order valence-corrected chi connectivity index (χ2v) is 6.29. The average Bonchev–Trinajstić information content (AvgIpc) is 2.91. The highest BCUT2D eigenvalue weighted by molar-refractivity contribution is 6.12. The van der Waals surface area contributed by atoms with E-state index >= 15 is 0 Å². The molecule has 130 valence electrons. The van der Waals surface area contributed by atoms with E-state index in [2.05, 4.69) is 4.98 Å². The molecule has 2 aliphatic heterocycles. The SMILES string of the molecule is CN(C)c1ccc2nc3c(CN4C(=O)C=CC4=O)cc(=O)cc-3oc2c1. The first-order valence-corrected chi connectivity index (χ1v) is 8.01. The van der Waals surface area contributed by atoms with Crippen molar-refractivity contribution in [2.24, 2.45) is 0 Å². The van der Waals surface area contributed by atoms with Crippen LogP contribution in [0.3, 0.4) is 0 Å². The van der Waals surface area contributed by atoms with Gasteiger partial charge in [0.1, 0.15) is 11.2 Å². The zero-order valence-corrected chi connectivity index (χ0v) is 14.2. The highest BCUT2D eigenvalue weighted by Gasteiger charge is 2.26. The number of fused-ring (bicyclic) bond motifs is 2. The molecule has 0 fully saturated rings. The van der Waals surface area contributed by atoms with Gasteiger partial charge < -0.3 is 9.32 Å². The molecule has 1 aromatic rings. The summed E-state index contributed by atoms with van der Waals surface area (Å²) in [6.07, 6.45) is 2.42. The van der Waals surface area contributed by atoms with Crippen LogP contribution in [0.4, 0.5) is 5.69 Å². The third-order valence-electron chi connectivity index (χ3n) is 4.27. The molecule has 0 unspecified atom stereocenters. The molecule has 7 nitrogen and oxygen atoms in total. The maximum Gasteiger partial charge on any atom is 0.253 e. The van der Waals surface area contributed by atoms with Gasteiger partial charge in [-0.1, -0.05) is 0 Å². The Morgan fingerprint density at radius 3 is 2.46 bits per heavy atom. The smallest absolute Gasteiger partial charge is 0.253 e. The maximum absolute atomic E-state index is 12.1. The maximum atomic E-state index is 12.1. The van der Waals surface area contributed by atoms with Crippen LogP contribution < -0.4 is 10.3 Å². The minimum absolute atomic E-state index is 0.0267. The Kier molecular flexibility index (Phi) is 3.57. The van der Waals surface area contributed by atoms with Gasteiger partial charge in [-0.3, -0.25) is 19.3 Å². The molecule has 0 saturated carbocycles. The molecule has 0 spiro atoms. The minimum atomic E-state index is -0.409. The highest BCUT2D eigenvalue weighted by Crippen LogP contribution is 2.29. The number of carbonyl (C=O) groups excluding carboxylic acids is 2. The Balaban J connectivity index is 1.86. The monoisotopic (exact) mass is 349 g/mol. The molecule has 7 heteroatoms. The van der Waals surface area contributed by atoms with Gasteiger partial charge in [0.25, 0.3) is 11.8 Å². The summed E-state index contributed by atoms with van der Waals surface area (Å²) in [6, 6.07) is 8.32. The number of benzene rings is 2. The number of anilines is 1. The van der Waals surface area contributed by atoms with Crippen molar-refractivity contribution in [2.75, 3.05) is 19.0 Å². The van der Waals surface area contributed by atoms with Crippen LogP contribution in [-0.4, -0.2) is 35.8 Å². The lowest BCUT2D eigenvalue weighted by Crippen LogP contribution is -2.30. The van der Waals surface area contributed by atoms with Crippen LogP contribution in [0.2, 0.25) is 0 Å². The lowest BCUT2D eigenvalue weighted by atomic mass is 10.1. The van der Waals surface area contributed by atoms with Crippen LogP contribution in [0.1, 0.15) is 5.56 Å². The van der Waals surface area contributed by atoms with E-state index in [-0.39, 0.29) is 12.0 Å². The first-order valence-electron chi connectivity index (χ1n) is 8.01. The first-order chi connectivity index (χ1) is 12.4. The Morgan fingerprint density at radius 2 is 1.77 bits per heavy atom. The summed E-state index contributed by atoms with van der Waals surface area (Å²) in [5.41, 5.74) is 2.78. The fraction of sp³-hybridized carbons (Fsp3) is 0.158. The Bertz CT molecular complexity index is 1100. The molecule has 3 aliphatic rings. The van der Waals surface area contributed by atoms with Crippen molar-refractivity contribution in [3.8, 4) is 11.5 Å². The number of hydrogen-bond donors (Lipinski definition) is 0. The molecule has 2 heterocycles. The second-order valence-electron chi connectivity index (χ2n) is 6.29. The fourth-order valence-electron chi connectivity index (χ4n) is 2.91. The molecule has 0 N–H and O–H groups in total. The van der Waals surface area contributed by atoms with Crippen LogP contribution in [-0.2, 0) is 16.1 Å². The molecule has 0 saturated heterocycles. The normalized spacial score (nSPS) is 14.0. The van der Waals surface area contributed by atoms with Crippen molar-refractivity contribution < 1.29 is 14.0 Å². The van der Waals surface area contributed by atoms with Crippen LogP contribution in [0.5, 0.6) is 0 Å². The summed E-state index contributed by atoms with van der Waals surface area (Å²) in [4.78, 5) is 43.3. The molecule has 0 bridgehead atoms. The molecular formula is C19H15N3O4. The van der Waals surface area contributed by atoms with Gasteiger partial charge in [0.15, 0.2) is 16.8 Å². The summed E-state index contributed by atoms with van der Waals surface area (Å²) in [6.45, 7) is -0.0267. The number of carbonyl (C=O) groups is 2. The van der Waals surface area contributed by atoms with Gasteiger partial charge in [-0.15, -0.1) is 0 Å². The third-order valence-corrected chi connectivity index (χ3v) is 4.27. The predicted molar refractivity (Wildman–Crippen MR) is 95.9 cm³/mol. The molecular weight excluding hydrogens is 334 g/mol. The van der Waals surface area contributed by atoms with Gasteiger partial charge in [0.2, 0.25) is 0 Å². The Hall–Kier alpha value is -3.48. The van der Waals surface area contributed by atoms with Gasteiger partial charge in [-0.05, 0) is 18.2 Å². The molecule has 1 aromatic carbocycles. The molecule has 0 radical (unpaired) electrons. The molecule has 1 aliphatic carbocycles. The fourth-order valence-corrected chi connectivity index (χ4v) is 2.91. The Morgan fingerprint density at radius 1 is 1.04 bits per heavy atom. The Labute approximate surface area is 148 Å². The van der Waals surface area contributed by atoms with E-state index < -0.39 is 11.8 Å². The largest absolute Gasteiger partial charge is 0.453 e. The number of amides is 2. The quantitative estimate of drug-likeness (QED) is 0.529. The summed E-state index contributed by atoms with van der Waals surface area (Å²) in [5, 5.41) is 0. The highest BCUT2D eigenvalue weighted by atomic mass is 16.3. The van der Waals surface area contributed by atoms with E-state index in [9.17, 15) is 14.4 Å². The van der Waals surface area contributed by atoms with E-state index in [0.717, 1.165) is 10.6 Å². The number of rotatable bonds is 3. The predicted octanol–water partition coefficient (Wildman–Crippen LogP) is 1.78. The molecule has 4 rings (SSSR count). The van der Waals surface area contributed by atoms with E-state index in [1.807, 2.05) is 37.2 Å². The lowest BCUT2D eigenvalue weighted by Gasteiger charge is -2.17. The van der Waals surface area contributed by atoms with E-state index in [0.29, 0.717) is 28.1 Å². The minimum Gasteiger partial charge on any atom is -0.453 e. The second kappa shape index (κ2) is 5.80. The summed E-state index contributed by atoms with van der Waals surface area (Å²) >= 11 is 0. The van der Waals surface area contributed by atoms with Crippen LogP contribution in [0.15, 0.2) is 51.7 Å². The van der Waals surface area contributed by atoms with Gasteiger partial charge in [0, 0.05) is 49.6 Å². The van der Waals surface area contributed by atoms with Crippen LogP contribution >= 0.6 is 0 Å². The summed E-state index contributed by atoms with van der Waals surface area (Å²) < 4.78 is 5.88. The van der Waals surface area contributed by atoms with E-state index in [4.69, 9.17) is 4.42 Å². The molecule has 0 aromatic heterocycles. The third kappa shape index (κ3) is 2.63. The van der Waals surface area contributed by atoms with Crippen LogP contribution in [0, 0.1) is 0 Å². The number of hydrogen-bond acceptors (Lipinski definition) is 6. The molecule has 26 heavy (non-hydrogen) atoms. The number of aromatic nitrogens is 1. The van der Waals surface area contributed by atoms with Crippen molar-refractivity contribution in [3.63, 3.8) is 0 Å². The first kappa shape index (κ1) is 16.0. The summed E-state index contributed by atoms with van der Waals surface area (Å²) in [5.74, 6) is -0.497. The van der Waals surface area contributed by atoms with Gasteiger partial charge >= 0.3 is 0 Å². The van der Waals surface area contributed by atoms with Gasteiger partial charge in [0.05, 0.1) is 6.54 Å². The zero-order valence-electron chi connectivity index (χ0n) is 14.2.